The van der Waals surface area contributed by atoms with Crippen LogP contribution < -0.4 is 14.9 Å². The maximum atomic E-state index is 12.8. The highest BCUT2D eigenvalue weighted by molar-refractivity contribution is 7.89. The van der Waals surface area contributed by atoms with Crippen LogP contribution in [0.5, 0.6) is 5.75 Å². The molecule has 1 fully saturated rings. The first kappa shape index (κ1) is 19.6. The summed E-state index contributed by atoms with van der Waals surface area (Å²) in [6.07, 6.45) is 0.837. The summed E-state index contributed by atoms with van der Waals surface area (Å²) in [6, 6.07) is 3.52. The highest BCUT2D eigenvalue weighted by atomic mass is 32.2. The number of carbonyl (C=O) groups is 1. The molecule has 1 heterocycles. The van der Waals surface area contributed by atoms with Crippen LogP contribution in [0.3, 0.4) is 0 Å². The molecule has 1 aromatic carbocycles. The van der Waals surface area contributed by atoms with E-state index in [0.717, 1.165) is 10.6 Å². The number of rotatable bonds is 6. The van der Waals surface area contributed by atoms with Crippen LogP contribution in [0.25, 0.3) is 0 Å². The molecule has 2 atom stereocenters. The summed E-state index contributed by atoms with van der Waals surface area (Å²) in [4.78, 5) is 11.8. The van der Waals surface area contributed by atoms with E-state index in [2.05, 4.69) is 4.72 Å². The van der Waals surface area contributed by atoms with Crippen molar-refractivity contribution >= 4 is 26.0 Å². The van der Waals surface area contributed by atoms with Gasteiger partial charge in [-0.1, -0.05) is 0 Å². The molecule has 140 valence electrons. The lowest BCUT2D eigenvalue weighted by atomic mass is 10.2. The molecule has 0 bridgehead atoms. The number of carbonyl (C=O) groups excluding carboxylic acids is 1. The smallest absolute Gasteiger partial charge is 0.261 e. The van der Waals surface area contributed by atoms with E-state index in [1.807, 2.05) is 0 Å². The first-order valence-electron chi connectivity index (χ1n) is 7.15. The Bertz CT molecular complexity index is 837. The molecule has 1 aromatic rings. The van der Waals surface area contributed by atoms with Crippen molar-refractivity contribution in [2.24, 2.45) is 0 Å². The Labute approximate surface area is 145 Å². The Morgan fingerprint density at radius 2 is 1.84 bits per heavy atom. The van der Waals surface area contributed by atoms with Gasteiger partial charge in [0.15, 0.2) is 0 Å². The number of methoxy groups -OCH3 is 1. The van der Waals surface area contributed by atoms with Gasteiger partial charge >= 0.3 is 0 Å². The Hall–Kier alpha value is -1.73. The van der Waals surface area contributed by atoms with Gasteiger partial charge in [0.25, 0.3) is 5.91 Å². The summed E-state index contributed by atoms with van der Waals surface area (Å²) >= 11 is 0. The van der Waals surface area contributed by atoms with Crippen molar-refractivity contribution in [3.8, 4) is 5.75 Å². The molecule has 0 radical (unpaired) electrons. The van der Waals surface area contributed by atoms with E-state index in [1.165, 1.54) is 36.9 Å². The number of benzene rings is 1. The molecular weight excluding hydrogens is 374 g/mol. The third kappa shape index (κ3) is 4.46. The summed E-state index contributed by atoms with van der Waals surface area (Å²) < 4.78 is 56.5. The van der Waals surface area contributed by atoms with Gasteiger partial charge in [0.1, 0.15) is 11.8 Å². The van der Waals surface area contributed by atoms with Gasteiger partial charge in [0.05, 0.1) is 18.3 Å². The molecule has 0 aromatic heterocycles. The fraction of sp³-hybridized carbons (Fsp3) is 0.462. The molecular formula is C13H19N3O7S2. The van der Waals surface area contributed by atoms with Crippen molar-refractivity contribution in [1.29, 1.82) is 0 Å². The van der Waals surface area contributed by atoms with Crippen LogP contribution in [0.1, 0.15) is 6.42 Å². The van der Waals surface area contributed by atoms with E-state index in [4.69, 9.17) is 9.94 Å². The summed E-state index contributed by atoms with van der Waals surface area (Å²) in [6.45, 7) is -0.237. The van der Waals surface area contributed by atoms with Gasteiger partial charge < -0.3 is 4.74 Å². The minimum Gasteiger partial charge on any atom is -0.497 e. The predicted octanol–water partition coefficient (Wildman–Crippen LogP) is -1.12. The minimum atomic E-state index is -4.09. The fourth-order valence-electron chi connectivity index (χ4n) is 2.66. The SMILES string of the molecule is COc1ccc(S(=O)(=O)N2C[C@@H](NS(C)(=O)=O)C[C@@H]2C(=O)NO)cc1. The summed E-state index contributed by atoms with van der Waals surface area (Å²) in [5.41, 5.74) is 1.42. The lowest BCUT2D eigenvalue weighted by molar-refractivity contribution is -0.132. The zero-order valence-corrected chi connectivity index (χ0v) is 15.2. The number of hydroxylamine groups is 1. The molecule has 1 saturated heterocycles. The molecule has 12 heteroatoms. The Morgan fingerprint density at radius 3 is 2.32 bits per heavy atom. The second-order valence-electron chi connectivity index (χ2n) is 5.56. The molecule has 10 nitrogen and oxygen atoms in total. The molecule has 1 aliphatic rings. The van der Waals surface area contributed by atoms with E-state index in [1.54, 1.807) is 0 Å². The monoisotopic (exact) mass is 393 g/mol. The molecule has 0 aliphatic carbocycles. The van der Waals surface area contributed by atoms with Crippen LogP contribution in [-0.4, -0.2) is 64.2 Å². The van der Waals surface area contributed by atoms with Gasteiger partial charge in [0, 0.05) is 12.6 Å². The number of amides is 1. The molecule has 0 spiro atoms. The molecule has 0 unspecified atom stereocenters. The van der Waals surface area contributed by atoms with Crippen molar-refractivity contribution in [2.45, 2.75) is 23.4 Å². The standard InChI is InChI=1S/C13H19N3O7S2/c1-23-10-3-5-11(6-4-10)25(21,22)16-8-9(15-24(2,19)20)7-12(16)13(17)14-18/h3-6,9,12,15,18H,7-8H2,1-2H3,(H,14,17)/t9-,12+/m0/s1. The van der Waals surface area contributed by atoms with Gasteiger partial charge in [-0.3, -0.25) is 10.0 Å². The third-order valence-corrected chi connectivity index (χ3v) is 6.37. The van der Waals surface area contributed by atoms with Gasteiger partial charge in [-0.15, -0.1) is 0 Å². The van der Waals surface area contributed by atoms with Crippen LogP contribution >= 0.6 is 0 Å². The average Bonchev–Trinajstić information content (AvgIpc) is 2.96. The number of hydrogen-bond donors (Lipinski definition) is 3. The van der Waals surface area contributed by atoms with E-state index >= 15 is 0 Å². The first-order valence-corrected chi connectivity index (χ1v) is 10.5. The lowest BCUT2D eigenvalue weighted by Crippen LogP contribution is -2.45. The third-order valence-electron chi connectivity index (χ3n) is 3.72. The van der Waals surface area contributed by atoms with Crippen LogP contribution in [0, 0.1) is 0 Å². The number of ether oxygens (including phenoxy) is 1. The largest absolute Gasteiger partial charge is 0.497 e. The minimum absolute atomic E-state index is 0.0796. The van der Waals surface area contributed by atoms with E-state index in [-0.39, 0.29) is 17.9 Å². The van der Waals surface area contributed by atoms with Crippen molar-refractivity contribution in [2.75, 3.05) is 19.9 Å². The van der Waals surface area contributed by atoms with Crippen LogP contribution in [0.15, 0.2) is 29.2 Å². The summed E-state index contributed by atoms with van der Waals surface area (Å²) in [5, 5.41) is 8.86. The Morgan fingerprint density at radius 1 is 1.24 bits per heavy atom. The quantitative estimate of drug-likeness (QED) is 0.410. The number of nitrogens with zero attached hydrogens (tertiary/aromatic N) is 1. The maximum Gasteiger partial charge on any atom is 0.261 e. The first-order chi connectivity index (χ1) is 11.6. The summed E-state index contributed by atoms with van der Waals surface area (Å²) in [7, 11) is -6.24. The van der Waals surface area contributed by atoms with Crippen molar-refractivity contribution in [1.82, 2.24) is 14.5 Å². The predicted molar refractivity (Wildman–Crippen MR) is 87.0 cm³/mol. The zero-order valence-electron chi connectivity index (χ0n) is 13.5. The van der Waals surface area contributed by atoms with Crippen molar-refractivity contribution < 1.29 is 31.6 Å². The van der Waals surface area contributed by atoms with E-state index in [9.17, 15) is 21.6 Å². The van der Waals surface area contributed by atoms with Crippen LogP contribution in [-0.2, 0) is 24.8 Å². The van der Waals surface area contributed by atoms with E-state index < -0.39 is 38.0 Å². The molecule has 2 rings (SSSR count). The van der Waals surface area contributed by atoms with Gasteiger partial charge in [-0.25, -0.2) is 27.0 Å². The second kappa shape index (κ2) is 7.25. The number of sulfonamides is 2. The molecule has 1 aliphatic heterocycles. The molecule has 25 heavy (non-hydrogen) atoms. The topological polar surface area (TPSA) is 142 Å². The van der Waals surface area contributed by atoms with Gasteiger partial charge in [0.2, 0.25) is 20.0 Å². The Balaban J connectivity index is 2.35. The number of nitrogens with one attached hydrogen (secondary N) is 2. The normalized spacial score (nSPS) is 21.9. The molecule has 1 amide bonds. The van der Waals surface area contributed by atoms with Crippen LogP contribution in [0.2, 0.25) is 0 Å². The van der Waals surface area contributed by atoms with Gasteiger partial charge in [-0.05, 0) is 30.7 Å². The van der Waals surface area contributed by atoms with Gasteiger partial charge in [-0.2, -0.15) is 4.31 Å². The van der Waals surface area contributed by atoms with Crippen molar-refractivity contribution in [3.05, 3.63) is 24.3 Å². The van der Waals surface area contributed by atoms with E-state index in [0.29, 0.717) is 5.75 Å². The lowest BCUT2D eigenvalue weighted by Gasteiger charge is -2.22. The number of hydrogen-bond acceptors (Lipinski definition) is 7. The average molecular weight is 393 g/mol. The maximum absolute atomic E-state index is 12.8. The highest BCUT2D eigenvalue weighted by Gasteiger charge is 2.44. The second-order valence-corrected chi connectivity index (χ2v) is 9.24. The fourth-order valence-corrected chi connectivity index (χ4v) is 5.08. The summed E-state index contributed by atoms with van der Waals surface area (Å²) in [5.74, 6) is -0.475. The Kier molecular flexibility index (Phi) is 5.68. The van der Waals surface area contributed by atoms with Crippen LogP contribution in [0.4, 0.5) is 0 Å². The van der Waals surface area contributed by atoms with Crippen molar-refractivity contribution in [3.63, 3.8) is 0 Å². The molecule has 0 saturated carbocycles. The zero-order chi connectivity index (χ0) is 18.8. The highest BCUT2D eigenvalue weighted by Crippen LogP contribution is 2.28. The molecule has 3 N–H and O–H groups in total.